The van der Waals surface area contributed by atoms with Crippen molar-refractivity contribution in [1.82, 2.24) is 0 Å². The minimum absolute atomic E-state index is 0.0876. The third-order valence-electron chi connectivity index (χ3n) is 2.79. The second-order valence-corrected chi connectivity index (χ2v) is 5.82. The lowest BCUT2D eigenvalue weighted by Crippen LogP contribution is -2.47. The van der Waals surface area contributed by atoms with Crippen molar-refractivity contribution in [1.29, 1.82) is 0 Å². The maximum atomic E-state index is 5.80. The molecule has 4 heteroatoms. The molecule has 0 radical (unpaired) electrons. The number of rotatable bonds is 3. The van der Waals surface area contributed by atoms with Crippen molar-refractivity contribution in [3.8, 4) is 5.75 Å². The Morgan fingerprint density at radius 2 is 1.78 bits per heavy atom. The van der Waals surface area contributed by atoms with E-state index < -0.39 is 0 Å². The summed E-state index contributed by atoms with van der Waals surface area (Å²) in [7, 11) is -0.312. The van der Waals surface area contributed by atoms with Crippen molar-refractivity contribution in [2.45, 2.75) is 33.8 Å². The Morgan fingerprint density at radius 1 is 1.17 bits per heavy atom. The molecule has 1 aliphatic rings. The van der Waals surface area contributed by atoms with E-state index >= 15 is 0 Å². The van der Waals surface area contributed by atoms with Crippen LogP contribution in [0.3, 0.4) is 0 Å². The molecule has 18 heavy (non-hydrogen) atoms. The van der Waals surface area contributed by atoms with Crippen molar-refractivity contribution >= 4 is 12.6 Å². The number of para-hydroxylation sites is 1. The van der Waals surface area contributed by atoms with Gasteiger partial charge in [0.2, 0.25) is 0 Å². The van der Waals surface area contributed by atoms with Gasteiger partial charge in [0.05, 0.1) is 6.10 Å². The first-order valence-electron chi connectivity index (χ1n) is 6.47. The summed E-state index contributed by atoms with van der Waals surface area (Å²) in [5.74, 6) is 0.845. The van der Waals surface area contributed by atoms with Gasteiger partial charge >= 0.3 is 7.12 Å². The van der Waals surface area contributed by atoms with Crippen LogP contribution in [-0.2, 0) is 9.31 Å². The summed E-state index contributed by atoms with van der Waals surface area (Å²) in [5, 5.41) is 0. The van der Waals surface area contributed by atoms with E-state index in [2.05, 4.69) is 13.8 Å². The third-order valence-corrected chi connectivity index (χ3v) is 2.79. The first-order valence-corrected chi connectivity index (χ1v) is 6.47. The van der Waals surface area contributed by atoms with Crippen molar-refractivity contribution in [3.05, 3.63) is 24.3 Å². The monoisotopic (exact) mass is 248 g/mol. The van der Waals surface area contributed by atoms with E-state index in [4.69, 9.17) is 14.0 Å². The van der Waals surface area contributed by atoms with Gasteiger partial charge in [-0.3, -0.25) is 0 Å². The minimum atomic E-state index is -0.312. The molecule has 0 unspecified atom stereocenters. The van der Waals surface area contributed by atoms with Crippen LogP contribution in [0.25, 0.3) is 0 Å². The third kappa shape index (κ3) is 3.27. The first-order chi connectivity index (χ1) is 8.48. The molecule has 0 amide bonds. The Bertz CT molecular complexity index is 394. The highest BCUT2D eigenvalue weighted by atomic mass is 16.6. The SMILES string of the molecule is CC(C)Oc1ccccc1B1OCC(C)(C)CO1. The molecule has 98 valence electrons. The lowest BCUT2D eigenvalue weighted by atomic mass is 9.75. The molecule has 1 aromatic carbocycles. The van der Waals surface area contributed by atoms with Gasteiger partial charge in [-0.25, -0.2) is 0 Å². The van der Waals surface area contributed by atoms with Gasteiger partial charge < -0.3 is 14.0 Å². The van der Waals surface area contributed by atoms with Crippen LogP contribution < -0.4 is 10.2 Å². The molecule has 1 aromatic rings. The van der Waals surface area contributed by atoms with Crippen LogP contribution in [0.15, 0.2) is 24.3 Å². The molecule has 0 aromatic heterocycles. The van der Waals surface area contributed by atoms with Gasteiger partial charge in [-0.15, -0.1) is 0 Å². The van der Waals surface area contributed by atoms with E-state index in [-0.39, 0.29) is 18.6 Å². The molecule has 2 rings (SSSR count). The van der Waals surface area contributed by atoms with E-state index in [1.165, 1.54) is 0 Å². The van der Waals surface area contributed by atoms with Gasteiger partial charge in [0.25, 0.3) is 0 Å². The Kier molecular flexibility index (Phi) is 3.98. The predicted molar refractivity (Wildman–Crippen MR) is 73.3 cm³/mol. The summed E-state index contributed by atoms with van der Waals surface area (Å²) in [6.07, 6.45) is 0.145. The highest BCUT2D eigenvalue weighted by Gasteiger charge is 2.35. The molecule has 0 bridgehead atoms. The number of benzene rings is 1. The van der Waals surface area contributed by atoms with Gasteiger partial charge in [0.1, 0.15) is 5.75 Å². The van der Waals surface area contributed by atoms with Crippen LogP contribution in [0, 0.1) is 5.41 Å². The predicted octanol–water partition coefficient (Wildman–Crippen LogP) is 2.24. The summed E-state index contributed by atoms with van der Waals surface area (Å²) < 4.78 is 17.4. The molecule has 1 aliphatic heterocycles. The standard InChI is InChI=1S/C14H21BO3/c1-11(2)18-13-8-6-5-7-12(13)15-16-9-14(3,4)10-17-15/h5-8,11H,9-10H2,1-4H3. The lowest BCUT2D eigenvalue weighted by molar-refractivity contribution is 0.0340. The van der Waals surface area contributed by atoms with Gasteiger partial charge in [-0.05, 0) is 19.9 Å². The van der Waals surface area contributed by atoms with Gasteiger partial charge in [0, 0.05) is 24.1 Å². The zero-order valence-corrected chi connectivity index (χ0v) is 11.6. The molecular formula is C14H21BO3. The fourth-order valence-electron chi connectivity index (χ4n) is 1.91. The maximum Gasteiger partial charge on any atom is 0.497 e. The average Bonchev–Trinajstić information content (AvgIpc) is 2.29. The van der Waals surface area contributed by atoms with Crippen LogP contribution in [0.4, 0.5) is 0 Å². The quantitative estimate of drug-likeness (QED) is 0.768. The molecule has 1 heterocycles. The Labute approximate surface area is 110 Å². The fourth-order valence-corrected chi connectivity index (χ4v) is 1.91. The molecule has 0 atom stereocenters. The second-order valence-electron chi connectivity index (χ2n) is 5.82. The topological polar surface area (TPSA) is 27.7 Å². The van der Waals surface area contributed by atoms with Crippen molar-refractivity contribution in [3.63, 3.8) is 0 Å². The smallest absolute Gasteiger partial charge is 0.491 e. The first kappa shape index (κ1) is 13.4. The molecule has 1 fully saturated rings. The maximum absolute atomic E-state index is 5.80. The summed E-state index contributed by atoms with van der Waals surface area (Å²) in [4.78, 5) is 0. The van der Waals surface area contributed by atoms with E-state index in [1.54, 1.807) is 0 Å². The highest BCUT2D eigenvalue weighted by molar-refractivity contribution is 6.62. The highest BCUT2D eigenvalue weighted by Crippen LogP contribution is 2.23. The van der Waals surface area contributed by atoms with E-state index in [9.17, 15) is 0 Å². The Hall–Kier alpha value is -0.995. The average molecular weight is 248 g/mol. The molecule has 0 spiro atoms. The largest absolute Gasteiger partial charge is 0.497 e. The van der Waals surface area contributed by atoms with Gasteiger partial charge in [0.15, 0.2) is 0 Å². The second kappa shape index (κ2) is 5.33. The van der Waals surface area contributed by atoms with Gasteiger partial charge in [-0.2, -0.15) is 0 Å². The molecule has 0 N–H and O–H groups in total. The summed E-state index contributed by atoms with van der Waals surface area (Å²) in [6, 6.07) is 7.91. The van der Waals surface area contributed by atoms with E-state index in [1.807, 2.05) is 38.1 Å². The molecule has 0 aliphatic carbocycles. The number of ether oxygens (including phenoxy) is 1. The van der Waals surface area contributed by atoms with Crippen LogP contribution in [0.1, 0.15) is 27.7 Å². The lowest BCUT2D eigenvalue weighted by Gasteiger charge is -2.33. The van der Waals surface area contributed by atoms with Crippen LogP contribution in [-0.4, -0.2) is 26.4 Å². The zero-order valence-electron chi connectivity index (χ0n) is 11.6. The zero-order chi connectivity index (χ0) is 13.2. The summed E-state index contributed by atoms with van der Waals surface area (Å²) >= 11 is 0. The summed E-state index contributed by atoms with van der Waals surface area (Å²) in [5.41, 5.74) is 1.06. The van der Waals surface area contributed by atoms with Crippen molar-refractivity contribution in [2.24, 2.45) is 5.41 Å². The Balaban J connectivity index is 2.13. The molecule has 0 saturated carbocycles. The number of hydrogen-bond donors (Lipinski definition) is 0. The Morgan fingerprint density at radius 3 is 2.39 bits per heavy atom. The van der Waals surface area contributed by atoms with Crippen LogP contribution in [0.2, 0.25) is 0 Å². The fraction of sp³-hybridized carbons (Fsp3) is 0.571. The normalized spacial score (nSPS) is 19.1. The van der Waals surface area contributed by atoms with Crippen LogP contribution in [0.5, 0.6) is 5.75 Å². The van der Waals surface area contributed by atoms with Crippen LogP contribution >= 0.6 is 0 Å². The molecular weight excluding hydrogens is 227 g/mol. The molecule has 1 saturated heterocycles. The van der Waals surface area contributed by atoms with Crippen molar-refractivity contribution in [2.75, 3.05) is 13.2 Å². The van der Waals surface area contributed by atoms with E-state index in [0.717, 1.165) is 11.2 Å². The number of hydrogen-bond acceptors (Lipinski definition) is 3. The minimum Gasteiger partial charge on any atom is -0.491 e. The summed E-state index contributed by atoms with van der Waals surface area (Å²) in [6.45, 7) is 9.71. The van der Waals surface area contributed by atoms with Gasteiger partial charge in [-0.1, -0.05) is 32.0 Å². The van der Waals surface area contributed by atoms with Crippen molar-refractivity contribution < 1.29 is 14.0 Å². The van der Waals surface area contributed by atoms with E-state index in [0.29, 0.717) is 13.2 Å². The molecule has 3 nitrogen and oxygen atoms in total.